The van der Waals surface area contributed by atoms with Gasteiger partial charge in [0.1, 0.15) is 5.65 Å². The fourth-order valence-corrected chi connectivity index (χ4v) is 2.47. The van der Waals surface area contributed by atoms with Crippen LogP contribution in [0.25, 0.3) is 5.65 Å². The maximum Gasteiger partial charge on any atom is 0.224 e. The molecule has 0 spiro atoms. The molecule has 0 radical (unpaired) electrons. The lowest BCUT2D eigenvalue weighted by atomic mass is 10.4. The van der Waals surface area contributed by atoms with Gasteiger partial charge >= 0.3 is 0 Å². The van der Waals surface area contributed by atoms with Gasteiger partial charge in [0.25, 0.3) is 0 Å². The first-order valence-electron chi connectivity index (χ1n) is 5.57. The van der Waals surface area contributed by atoms with Crippen molar-refractivity contribution in [2.45, 2.75) is 18.3 Å². The number of carbonyl (C=O) groups is 1. The van der Waals surface area contributed by atoms with Gasteiger partial charge in [0.15, 0.2) is 0 Å². The highest BCUT2D eigenvalue weighted by Crippen LogP contribution is 2.19. The summed E-state index contributed by atoms with van der Waals surface area (Å²) in [6.07, 6.45) is 4.21. The van der Waals surface area contributed by atoms with Crippen molar-refractivity contribution in [2.24, 2.45) is 0 Å². The van der Waals surface area contributed by atoms with Crippen molar-refractivity contribution in [1.29, 1.82) is 0 Å². The number of amides is 1. The number of hydrogen-bond acceptors (Lipinski definition) is 2. The molecule has 0 aliphatic carbocycles. The Bertz CT molecular complexity index is 566. The summed E-state index contributed by atoms with van der Waals surface area (Å²) in [5.74, 6) is 0.121. The minimum atomic E-state index is -0.0540. The number of rotatable bonds is 2. The molecule has 2 aromatic heterocycles. The Morgan fingerprint density at radius 3 is 3.12 bits per heavy atom. The van der Waals surface area contributed by atoms with E-state index in [9.17, 15) is 4.79 Å². The SMILES string of the molecule is O=C1CC(Cl)CN1Cc1cnc2ccccn12. The maximum absolute atomic E-state index is 11.7. The van der Waals surface area contributed by atoms with Gasteiger partial charge in [0.2, 0.25) is 5.91 Å². The van der Waals surface area contributed by atoms with Crippen molar-refractivity contribution in [3.63, 3.8) is 0 Å². The summed E-state index contributed by atoms with van der Waals surface area (Å²) in [5.41, 5.74) is 1.91. The van der Waals surface area contributed by atoms with Crippen LogP contribution in [0, 0.1) is 0 Å². The lowest BCUT2D eigenvalue weighted by molar-refractivity contribution is -0.128. The van der Waals surface area contributed by atoms with E-state index in [1.807, 2.05) is 35.0 Å². The fourth-order valence-electron chi connectivity index (χ4n) is 2.17. The Kier molecular flexibility index (Phi) is 2.52. The summed E-state index contributed by atoms with van der Waals surface area (Å²) in [5, 5.41) is -0.0540. The zero-order chi connectivity index (χ0) is 11.8. The Labute approximate surface area is 104 Å². The topological polar surface area (TPSA) is 37.6 Å². The number of imidazole rings is 1. The van der Waals surface area contributed by atoms with Crippen LogP contribution in [0.4, 0.5) is 0 Å². The normalized spacial score (nSPS) is 20.4. The molecular weight excluding hydrogens is 238 g/mol. The number of nitrogens with zero attached hydrogens (tertiary/aromatic N) is 3. The Morgan fingerprint density at radius 2 is 2.35 bits per heavy atom. The fraction of sp³-hybridized carbons (Fsp3) is 0.333. The number of pyridine rings is 1. The Hall–Kier alpha value is -1.55. The molecule has 1 atom stereocenters. The number of halogens is 1. The first kappa shape index (κ1) is 10.6. The quantitative estimate of drug-likeness (QED) is 0.760. The van der Waals surface area contributed by atoms with Gasteiger partial charge in [0, 0.05) is 19.2 Å². The molecule has 1 saturated heterocycles. The molecule has 4 nitrogen and oxygen atoms in total. The summed E-state index contributed by atoms with van der Waals surface area (Å²) in [7, 11) is 0. The second-order valence-corrected chi connectivity index (χ2v) is 4.87. The number of fused-ring (bicyclic) bond motifs is 1. The number of alkyl halides is 1. The molecule has 0 saturated carbocycles. The van der Waals surface area contributed by atoms with Gasteiger partial charge in [-0.05, 0) is 12.1 Å². The average molecular weight is 250 g/mol. The minimum absolute atomic E-state index is 0.0540. The van der Waals surface area contributed by atoms with Gasteiger partial charge in [-0.3, -0.25) is 4.79 Å². The van der Waals surface area contributed by atoms with Crippen LogP contribution in [-0.4, -0.2) is 32.1 Å². The van der Waals surface area contributed by atoms with Crippen LogP contribution in [0.1, 0.15) is 12.1 Å². The number of hydrogen-bond donors (Lipinski definition) is 0. The molecule has 0 N–H and O–H groups in total. The van der Waals surface area contributed by atoms with Crippen molar-refractivity contribution in [2.75, 3.05) is 6.54 Å². The van der Waals surface area contributed by atoms with Gasteiger partial charge < -0.3 is 9.30 Å². The van der Waals surface area contributed by atoms with E-state index in [0.29, 0.717) is 19.5 Å². The average Bonchev–Trinajstić information content (AvgIpc) is 2.85. The van der Waals surface area contributed by atoms with Crippen LogP contribution in [-0.2, 0) is 11.3 Å². The summed E-state index contributed by atoms with van der Waals surface area (Å²) in [4.78, 5) is 17.7. The molecule has 0 bridgehead atoms. The predicted octanol–water partition coefficient (Wildman–Crippen LogP) is 1.67. The molecule has 0 aromatic carbocycles. The second kappa shape index (κ2) is 4.04. The highest BCUT2D eigenvalue weighted by atomic mass is 35.5. The molecule has 1 aliphatic heterocycles. The van der Waals surface area contributed by atoms with Crippen LogP contribution in [0.5, 0.6) is 0 Å². The van der Waals surface area contributed by atoms with Gasteiger partial charge in [-0.2, -0.15) is 0 Å². The van der Waals surface area contributed by atoms with Crippen LogP contribution in [0.3, 0.4) is 0 Å². The zero-order valence-corrected chi connectivity index (χ0v) is 9.97. The first-order chi connectivity index (χ1) is 8.24. The lowest BCUT2D eigenvalue weighted by Gasteiger charge is -2.14. The molecule has 3 rings (SSSR count). The number of likely N-dealkylation sites (tertiary alicyclic amines) is 1. The molecular formula is C12H12ClN3O. The third kappa shape index (κ3) is 1.89. The molecule has 88 valence electrons. The predicted molar refractivity (Wildman–Crippen MR) is 64.9 cm³/mol. The highest BCUT2D eigenvalue weighted by molar-refractivity contribution is 6.22. The lowest BCUT2D eigenvalue weighted by Crippen LogP contribution is -2.25. The van der Waals surface area contributed by atoms with Crippen molar-refractivity contribution < 1.29 is 4.79 Å². The monoisotopic (exact) mass is 249 g/mol. The Balaban J connectivity index is 1.88. The third-order valence-electron chi connectivity index (χ3n) is 3.01. The Morgan fingerprint density at radius 1 is 1.47 bits per heavy atom. The zero-order valence-electron chi connectivity index (χ0n) is 9.21. The van der Waals surface area contributed by atoms with Gasteiger partial charge in [-0.25, -0.2) is 4.98 Å². The maximum atomic E-state index is 11.7. The smallest absolute Gasteiger partial charge is 0.224 e. The van der Waals surface area contributed by atoms with Crippen molar-refractivity contribution in [3.05, 3.63) is 36.3 Å². The van der Waals surface area contributed by atoms with Crippen LogP contribution < -0.4 is 0 Å². The van der Waals surface area contributed by atoms with E-state index in [4.69, 9.17) is 11.6 Å². The van der Waals surface area contributed by atoms with Crippen LogP contribution >= 0.6 is 11.6 Å². The van der Waals surface area contributed by atoms with Crippen molar-refractivity contribution >= 4 is 23.2 Å². The molecule has 2 aromatic rings. The second-order valence-electron chi connectivity index (χ2n) is 4.25. The van der Waals surface area contributed by atoms with E-state index < -0.39 is 0 Å². The molecule has 5 heteroatoms. The summed E-state index contributed by atoms with van der Waals surface area (Å²) >= 11 is 5.98. The highest BCUT2D eigenvalue weighted by Gasteiger charge is 2.28. The molecule has 1 amide bonds. The molecule has 3 heterocycles. The molecule has 1 fully saturated rings. The van der Waals surface area contributed by atoms with Gasteiger partial charge in [-0.15, -0.1) is 11.6 Å². The molecule has 1 unspecified atom stereocenters. The molecule has 1 aliphatic rings. The van der Waals surface area contributed by atoms with E-state index in [0.717, 1.165) is 11.3 Å². The minimum Gasteiger partial charge on any atom is -0.335 e. The molecule has 17 heavy (non-hydrogen) atoms. The van der Waals surface area contributed by atoms with Crippen LogP contribution in [0.2, 0.25) is 0 Å². The summed E-state index contributed by atoms with van der Waals surface area (Å²) < 4.78 is 1.99. The third-order valence-corrected chi connectivity index (χ3v) is 3.31. The number of aromatic nitrogens is 2. The number of carbonyl (C=O) groups excluding carboxylic acids is 1. The van der Waals surface area contributed by atoms with E-state index in [1.165, 1.54) is 0 Å². The van der Waals surface area contributed by atoms with Gasteiger partial charge in [0.05, 0.1) is 23.8 Å². The largest absolute Gasteiger partial charge is 0.335 e. The van der Waals surface area contributed by atoms with Crippen molar-refractivity contribution in [3.8, 4) is 0 Å². The van der Waals surface area contributed by atoms with E-state index in [2.05, 4.69) is 4.98 Å². The van der Waals surface area contributed by atoms with Gasteiger partial charge in [-0.1, -0.05) is 6.07 Å². The van der Waals surface area contributed by atoms with Crippen LogP contribution in [0.15, 0.2) is 30.6 Å². The first-order valence-corrected chi connectivity index (χ1v) is 6.00. The summed E-state index contributed by atoms with van der Waals surface area (Å²) in [6.45, 7) is 1.20. The van der Waals surface area contributed by atoms with E-state index in [1.54, 1.807) is 4.90 Å². The standard InChI is InChI=1S/C12H12ClN3O/c13-9-5-12(17)15(7-9)8-10-6-14-11-3-1-2-4-16(10)11/h1-4,6,9H,5,7-8H2. The summed E-state index contributed by atoms with van der Waals surface area (Å²) in [6, 6.07) is 5.84. The van der Waals surface area contributed by atoms with E-state index in [-0.39, 0.29) is 11.3 Å². The van der Waals surface area contributed by atoms with E-state index >= 15 is 0 Å². The van der Waals surface area contributed by atoms with Crippen molar-refractivity contribution in [1.82, 2.24) is 14.3 Å².